The molecule has 96 valence electrons. The van der Waals surface area contributed by atoms with Crippen molar-refractivity contribution < 1.29 is 4.92 Å². The molecule has 2 rings (SSSR count). The summed E-state index contributed by atoms with van der Waals surface area (Å²) in [6.07, 6.45) is 1.39. The molecule has 2 aromatic heterocycles. The second-order valence-corrected chi connectivity index (χ2v) is 3.88. The molecule has 0 aliphatic rings. The van der Waals surface area contributed by atoms with Crippen molar-refractivity contribution in [3.63, 3.8) is 0 Å². The zero-order valence-electron chi connectivity index (χ0n) is 10.2. The largest absolute Gasteiger partial charge is 0.406 e. The number of rotatable bonds is 4. The maximum Gasteiger partial charge on any atom is 0.406 e. The average Bonchev–Trinajstić information content (AvgIpc) is 2.92. The Labute approximate surface area is 102 Å². The lowest BCUT2D eigenvalue weighted by atomic mass is 10.3. The fourth-order valence-corrected chi connectivity index (χ4v) is 1.58. The van der Waals surface area contributed by atoms with Crippen molar-refractivity contribution in [3.05, 3.63) is 28.1 Å². The number of aryl methyl sites for hydroxylation is 1. The second kappa shape index (κ2) is 4.43. The van der Waals surface area contributed by atoms with E-state index in [-0.39, 0.29) is 11.9 Å². The van der Waals surface area contributed by atoms with Gasteiger partial charge >= 0.3 is 5.82 Å². The summed E-state index contributed by atoms with van der Waals surface area (Å²) in [5.41, 5.74) is 0. The van der Waals surface area contributed by atoms with Gasteiger partial charge in [-0.25, -0.2) is 4.98 Å². The van der Waals surface area contributed by atoms with E-state index in [0.29, 0.717) is 17.5 Å². The van der Waals surface area contributed by atoms with Crippen molar-refractivity contribution in [1.82, 2.24) is 24.7 Å². The molecule has 0 saturated heterocycles. The standard InChI is InChI=1S/C9H13N7O2/c1-5(7-10-4-11-14-7)12-8-9(16(17)18)13-6(2)15(8)3/h4-5,12H,1-3H3,(H,10,11,14). The molecule has 0 aliphatic carbocycles. The van der Waals surface area contributed by atoms with Gasteiger partial charge in [-0.1, -0.05) is 0 Å². The number of nitrogens with zero attached hydrogens (tertiary/aromatic N) is 5. The Morgan fingerprint density at radius 3 is 2.89 bits per heavy atom. The van der Waals surface area contributed by atoms with Gasteiger partial charge in [0.25, 0.3) is 0 Å². The molecule has 0 bridgehead atoms. The van der Waals surface area contributed by atoms with Crippen LogP contribution in [0.25, 0.3) is 0 Å². The Kier molecular flexibility index (Phi) is 2.96. The van der Waals surface area contributed by atoms with Gasteiger partial charge in [-0.2, -0.15) is 5.10 Å². The van der Waals surface area contributed by atoms with E-state index in [0.717, 1.165) is 0 Å². The van der Waals surface area contributed by atoms with E-state index in [1.807, 2.05) is 6.92 Å². The highest BCUT2D eigenvalue weighted by Gasteiger charge is 2.25. The van der Waals surface area contributed by atoms with Crippen LogP contribution < -0.4 is 5.32 Å². The van der Waals surface area contributed by atoms with Crippen LogP contribution in [0, 0.1) is 17.0 Å². The fourth-order valence-electron chi connectivity index (χ4n) is 1.58. The van der Waals surface area contributed by atoms with Crippen LogP contribution in [0.15, 0.2) is 6.33 Å². The molecule has 0 radical (unpaired) electrons. The van der Waals surface area contributed by atoms with Crippen molar-refractivity contribution in [2.75, 3.05) is 5.32 Å². The van der Waals surface area contributed by atoms with Crippen molar-refractivity contribution >= 4 is 11.6 Å². The van der Waals surface area contributed by atoms with Gasteiger partial charge in [0, 0.05) is 14.0 Å². The van der Waals surface area contributed by atoms with Gasteiger partial charge in [0.1, 0.15) is 12.2 Å². The summed E-state index contributed by atoms with van der Waals surface area (Å²) in [7, 11) is 1.71. The van der Waals surface area contributed by atoms with Crippen LogP contribution in [0.1, 0.15) is 24.6 Å². The summed E-state index contributed by atoms with van der Waals surface area (Å²) in [6.45, 7) is 3.53. The van der Waals surface area contributed by atoms with Crippen LogP contribution in [0.3, 0.4) is 0 Å². The second-order valence-electron chi connectivity index (χ2n) is 3.88. The molecular formula is C9H13N7O2. The van der Waals surface area contributed by atoms with Gasteiger partial charge in [-0.05, 0) is 16.8 Å². The molecular weight excluding hydrogens is 238 g/mol. The van der Waals surface area contributed by atoms with Crippen molar-refractivity contribution in [3.8, 4) is 0 Å². The molecule has 9 heteroatoms. The first-order chi connectivity index (χ1) is 8.50. The number of aromatic amines is 1. The molecule has 2 aromatic rings. The quantitative estimate of drug-likeness (QED) is 0.617. The molecule has 2 N–H and O–H groups in total. The van der Waals surface area contributed by atoms with Crippen molar-refractivity contribution in [1.29, 1.82) is 0 Å². The first-order valence-corrected chi connectivity index (χ1v) is 5.30. The van der Waals surface area contributed by atoms with E-state index in [1.54, 1.807) is 18.5 Å². The molecule has 0 aromatic carbocycles. The Balaban J connectivity index is 2.31. The van der Waals surface area contributed by atoms with Crippen LogP contribution in [0.4, 0.5) is 11.6 Å². The molecule has 18 heavy (non-hydrogen) atoms. The van der Waals surface area contributed by atoms with E-state index in [2.05, 4.69) is 25.5 Å². The molecule has 0 aliphatic heterocycles. The molecule has 0 fully saturated rings. The van der Waals surface area contributed by atoms with Gasteiger partial charge in [0.05, 0.1) is 6.04 Å². The zero-order chi connectivity index (χ0) is 13.3. The van der Waals surface area contributed by atoms with Crippen LogP contribution in [0.5, 0.6) is 0 Å². The molecule has 1 unspecified atom stereocenters. The maximum atomic E-state index is 10.9. The molecule has 0 saturated carbocycles. The minimum absolute atomic E-state index is 0.193. The highest BCUT2D eigenvalue weighted by atomic mass is 16.6. The summed E-state index contributed by atoms with van der Waals surface area (Å²) >= 11 is 0. The van der Waals surface area contributed by atoms with Gasteiger partial charge < -0.3 is 15.4 Å². The summed E-state index contributed by atoms with van der Waals surface area (Å²) < 4.78 is 1.63. The number of anilines is 1. The molecule has 0 spiro atoms. The Morgan fingerprint density at radius 1 is 1.61 bits per heavy atom. The van der Waals surface area contributed by atoms with E-state index in [1.165, 1.54) is 6.33 Å². The number of aromatic nitrogens is 5. The minimum Gasteiger partial charge on any atom is -0.358 e. The smallest absolute Gasteiger partial charge is 0.358 e. The highest BCUT2D eigenvalue weighted by molar-refractivity contribution is 5.54. The van der Waals surface area contributed by atoms with Crippen LogP contribution in [0.2, 0.25) is 0 Å². The lowest BCUT2D eigenvalue weighted by Crippen LogP contribution is -2.12. The fraction of sp³-hybridized carbons (Fsp3) is 0.444. The summed E-state index contributed by atoms with van der Waals surface area (Å²) in [5.74, 6) is 1.32. The topological polar surface area (TPSA) is 115 Å². The maximum absolute atomic E-state index is 10.9. The third kappa shape index (κ3) is 2.01. The van der Waals surface area contributed by atoms with E-state index in [9.17, 15) is 10.1 Å². The number of hydrogen-bond acceptors (Lipinski definition) is 6. The predicted molar refractivity (Wildman–Crippen MR) is 63.0 cm³/mol. The number of H-pyrrole nitrogens is 1. The van der Waals surface area contributed by atoms with Gasteiger partial charge in [-0.15, -0.1) is 0 Å². The summed E-state index contributed by atoms with van der Waals surface area (Å²) in [6, 6.07) is -0.235. The highest BCUT2D eigenvalue weighted by Crippen LogP contribution is 2.26. The van der Waals surface area contributed by atoms with Crippen molar-refractivity contribution in [2.24, 2.45) is 7.05 Å². The average molecular weight is 251 g/mol. The number of nitro groups is 1. The van der Waals surface area contributed by atoms with Crippen molar-refractivity contribution in [2.45, 2.75) is 19.9 Å². The SMILES string of the molecule is Cc1nc([N+](=O)[O-])c(NC(C)c2ncn[nH]2)n1C. The van der Waals surface area contributed by atoms with Gasteiger partial charge in [-0.3, -0.25) is 9.67 Å². The van der Waals surface area contributed by atoms with Crippen LogP contribution in [-0.4, -0.2) is 29.7 Å². The third-order valence-corrected chi connectivity index (χ3v) is 2.67. The zero-order valence-corrected chi connectivity index (χ0v) is 10.2. The van der Waals surface area contributed by atoms with E-state index in [4.69, 9.17) is 0 Å². The third-order valence-electron chi connectivity index (χ3n) is 2.67. The van der Waals surface area contributed by atoms with E-state index >= 15 is 0 Å². The Hall–Kier alpha value is -2.45. The van der Waals surface area contributed by atoms with Crippen LogP contribution in [-0.2, 0) is 7.05 Å². The molecule has 0 amide bonds. The summed E-state index contributed by atoms with van der Waals surface area (Å²) in [4.78, 5) is 18.3. The minimum atomic E-state index is -0.511. The number of hydrogen-bond donors (Lipinski definition) is 2. The van der Waals surface area contributed by atoms with Crippen LogP contribution >= 0.6 is 0 Å². The number of imidazole rings is 1. The Bertz CT molecular complexity index is 560. The van der Waals surface area contributed by atoms with E-state index < -0.39 is 4.92 Å². The molecule has 1 atom stereocenters. The molecule has 9 nitrogen and oxygen atoms in total. The molecule has 2 heterocycles. The lowest BCUT2D eigenvalue weighted by molar-refractivity contribution is -0.388. The van der Waals surface area contributed by atoms with Gasteiger partial charge in [0.15, 0.2) is 0 Å². The number of nitrogens with one attached hydrogen (secondary N) is 2. The van der Waals surface area contributed by atoms with Gasteiger partial charge in [0.2, 0.25) is 11.6 Å². The lowest BCUT2D eigenvalue weighted by Gasteiger charge is -2.12. The predicted octanol–water partition coefficient (Wildman–Crippen LogP) is 0.928. The monoisotopic (exact) mass is 251 g/mol. The first-order valence-electron chi connectivity index (χ1n) is 5.30. The first kappa shape index (κ1) is 12.0. The normalized spacial score (nSPS) is 12.4. The Morgan fingerprint density at radius 2 is 2.33 bits per heavy atom. The summed E-state index contributed by atoms with van der Waals surface area (Å²) in [5, 5.41) is 20.4.